The van der Waals surface area contributed by atoms with Crippen molar-refractivity contribution in [2.45, 2.75) is 43.2 Å². The number of thiazole rings is 1. The molecule has 134 valence electrons. The lowest BCUT2D eigenvalue weighted by molar-refractivity contribution is 0.137. The summed E-state index contributed by atoms with van der Waals surface area (Å²) in [6, 6.07) is 15.7. The minimum absolute atomic E-state index is 0.411. The fraction of sp³-hybridized carbons (Fsp3) is 0.381. The SMILES string of the molecule is CN1C2CC[C@@H]1C[C@H](c1ccc(Cl)cc1)[C@@H]2c1nc2c(Cl)cccc2s1. The van der Waals surface area contributed by atoms with Crippen LogP contribution in [-0.4, -0.2) is 29.0 Å². The number of benzene rings is 2. The molecule has 2 bridgehead atoms. The van der Waals surface area contributed by atoms with Crippen LogP contribution in [0.2, 0.25) is 10.0 Å². The Morgan fingerprint density at radius 1 is 1.08 bits per heavy atom. The van der Waals surface area contributed by atoms with E-state index in [1.54, 1.807) is 0 Å². The normalized spacial score (nSPS) is 28.7. The van der Waals surface area contributed by atoms with Gasteiger partial charge >= 0.3 is 0 Å². The average Bonchev–Trinajstić information content (AvgIpc) is 3.15. The van der Waals surface area contributed by atoms with Crippen LogP contribution in [0.5, 0.6) is 0 Å². The van der Waals surface area contributed by atoms with E-state index in [0.29, 0.717) is 23.9 Å². The standard InChI is InChI=1S/C21H20Cl2N2S/c1-25-14-9-10-17(25)19(15(11-14)12-5-7-13(22)8-6-12)21-24-20-16(23)3-2-4-18(20)26-21/h2-8,14-15,17,19H,9-11H2,1H3/t14-,15-,17?,19+/m1/s1. The molecule has 3 heterocycles. The van der Waals surface area contributed by atoms with Crippen molar-refractivity contribution in [1.29, 1.82) is 0 Å². The summed E-state index contributed by atoms with van der Waals surface area (Å²) >= 11 is 14.4. The number of para-hydroxylation sites is 1. The largest absolute Gasteiger partial charge is 0.300 e. The molecule has 4 atom stereocenters. The maximum atomic E-state index is 6.41. The fourth-order valence-corrected chi connectivity index (χ4v) is 6.55. The molecule has 2 fully saturated rings. The van der Waals surface area contributed by atoms with E-state index in [1.807, 2.05) is 35.6 Å². The van der Waals surface area contributed by atoms with Crippen LogP contribution in [0.1, 0.15) is 41.7 Å². The van der Waals surface area contributed by atoms with Gasteiger partial charge in [-0.2, -0.15) is 0 Å². The molecule has 0 N–H and O–H groups in total. The van der Waals surface area contributed by atoms with E-state index < -0.39 is 0 Å². The summed E-state index contributed by atoms with van der Waals surface area (Å²) in [5.41, 5.74) is 2.33. The second-order valence-corrected chi connectivity index (χ2v) is 9.43. The van der Waals surface area contributed by atoms with Crippen LogP contribution in [0, 0.1) is 0 Å². The number of aromatic nitrogens is 1. The Morgan fingerprint density at radius 3 is 2.65 bits per heavy atom. The minimum Gasteiger partial charge on any atom is -0.300 e. The first-order valence-electron chi connectivity index (χ1n) is 9.14. The Kier molecular flexibility index (Phi) is 4.24. The van der Waals surface area contributed by atoms with Crippen LogP contribution in [0.25, 0.3) is 10.2 Å². The summed E-state index contributed by atoms with van der Waals surface area (Å²) in [7, 11) is 2.29. The average molecular weight is 403 g/mol. The van der Waals surface area contributed by atoms with Crippen LogP contribution in [0.4, 0.5) is 0 Å². The fourth-order valence-electron chi connectivity index (χ4n) is 4.93. The smallest absolute Gasteiger partial charge is 0.100 e. The molecule has 3 aromatic rings. The van der Waals surface area contributed by atoms with E-state index in [9.17, 15) is 0 Å². The van der Waals surface area contributed by atoms with Gasteiger partial charge in [-0.25, -0.2) is 4.98 Å². The van der Waals surface area contributed by atoms with Gasteiger partial charge < -0.3 is 0 Å². The van der Waals surface area contributed by atoms with Gasteiger partial charge in [-0.3, -0.25) is 4.90 Å². The molecule has 26 heavy (non-hydrogen) atoms. The highest BCUT2D eigenvalue weighted by Crippen LogP contribution is 2.52. The molecule has 5 rings (SSSR count). The third-order valence-corrected chi connectivity index (χ3v) is 7.92. The van der Waals surface area contributed by atoms with Crippen LogP contribution in [0.3, 0.4) is 0 Å². The van der Waals surface area contributed by atoms with Crippen molar-refractivity contribution in [2.24, 2.45) is 0 Å². The number of fused-ring (bicyclic) bond motifs is 3. The first kappa shape index (κ1) is 17.0. The molecule has 0 radical (unpaired) electrons. The molecule has 5 heteroatoms. The van der Waals surface area contributed by atoms with E-state index in [1.165, 1.54) is 34.5 Å². The van der Waals surface area contributed by atoms with Gasteiger partial charge in [-0.05, 0) is 62.1 Å². The van der Waals surface area contributed by atoms with Crippen molar-refractivity contribution < 1.29 is 0 Å². The predicted octanol–water partition coefficient (Wildman–Crippen LogP) is 6.34. The lowest BCUT2D eigenvalue weighted by Gasteiger charge is -2.42. The number of piperidine rings is 1. The Bertz CT molecular complexity index is 952. The lowest BCUT2D eigenvalue weighted by Crippen LogP contribution is -2.44. The van der Waals surface area contributed by atoms with Gasteiger partial charge in [0, 0.05) is 23.0 Å². The van der Waals surface area contributed by atoms with Crippen molar-refractivity contribution in [3.05, 3.63) is 63.1 Å². The summed E-state index contributed by atoms with van der Waals surface area (Å²) in [4.78, 5) is 7.60. The van der Waals surface area contributed by atoms with Crippen LogP contribution >= 0.6 is 34.5 Å². The first-order valence-corrected chi connectivity index (χ1v) is 10.7. The minimum atomic E-state index is 0.411. The van der Waals surface area contributed by atoms with Gasteiger partial charge in [-0.1, -0.05) is 41.4 Å². The lowest BCUT2D eigenvalue weighted by atomic mass is 9.76. The maximum Gasteiger partial charge on any atom is 0.100 e. The van der Waals surface area contributed by atoms with Crippen molar-refractivity contribution in [2.75, 3.05) is 7.05 Å². The van der Waals surface area contributed by atoms with Crippen LogP contribution in [0.15, 0.2) is 42.5 Å². The van der Waals surface area contributed by atoms with E-state index in [2.05, 4.69) is 30.1 Å². The number of hydrogen-bond donors (Lipinski definition) is 0. The molecule has 0 spiro atoms. The van der Waals surface area contributed by atoms with E-state index in [4.69, 9.17) is 28.2 Å². The molecule has 0 amide bonds. The molecule has 2 aliphatic rings. The zero-order valence-electron chi connectivity index (χ0n) is 14.5. The van der Waals surface area contributed by atoms with Crippen molar-refractivity contribution in [3.63, 3.8) is 0 Å². The zero-order valence-corrected chi connectivity index (χ0v) is 16.9. The number of likely N-dealkylation sites (N-methyl/N-ethyl adjacent to an activating group) is 1. The van der Waals surface area contributed by atoms with Crippen LogP contribution in [-0.2, 0) is 0 Å². The Balaban J connectivity index is 1.63. The predicted molar refractivity (Wildman–Crippen MR) is 111 cm³/mol. The molecule has 0 saturated carbocycles. The summed E-state index contributed by atoms with van der Waals surface area (Å²) in [5, 5.41) is 2.78. The molecule has 2 aromatic carbocycles. The topological polar surface area (TPSA) is 16.1 Å². The third kappa shape index (κ3) is 2.68. The quantitative estimate of drug-likeness (QED) is 0.497. The van der Waals surface area contributed by atoms with E-state index in [0.717, 1.165) is 15.6 Å². The number of halogens is 2. The van der Waals surface area contributed by atoms with Crippen molar-refractivity contribution in [1.82, 2.24) is 9.88 Å². The maximum absolute atomic E-state index is 6.41. The molecule has 2 saturated heterocycles. The van der Waals surface area contributed by atoms with Gasteiger partial charge in [0.15, 0.2) is 0 Å². The monoisotopic (exact) mass is 402 g/mol. The van der Waals surface area contributed by atoms with Crippen molar-refractivity contribution >= 4 is 44.8 Å². The molecule has 1 aromatic heterocycles. The Morgan fingerprint density at radius 2 is 1.88 bits per heavy atom. The molecule has 0 aliphatic carbocycles. The van der Waals surface area contributed by atoms with Gasteiger partial charge in [0.1, 0.15) is 5.52 Å². The first-order chi connectivity index (χ1) is 12.6. The zero-order chi connectivity index (χ0) is 17.8. The second-order valence-electron chi connectivity index (χ2n) is 7.52. The molecule has 2 nitrogen and oxygen atoms in total. The van der Waals surface area contributed by atoms with E-state index in [-0.39, 0.29) is 0 Å². The van der Waals surface area contributed by atoms with Gasteiger partial charge in [0.2, 0.25) is 0 Å². The summed E-state index contributed by atoms with van der Waals surface area (Å²) < 4.78 is 1.19. The number of rotatable bonds is 2. The Hall–Kier alpha value is -1.13. The van der Waals surface area contributed by atoms with E-state index >= 15 is 0 Å². The molecular formula is C21H20Cl2N2S. The highest BCUT2D eigenvalue weighted by Gasteiger charge is 2.47. The second kappa shape index (κ2) is 6.49. The van der Waals surface area contributed by atoms with Gasteiger partial charge in [0.25, 0.3) is 0 Å². The number of nitrogens with zero attached hydrogens (tertiary/aromatic N) is 2. The highest BCUT2D eigenvalue weighted by molar-refractivity contribution is 7.18. The van der Waals surface area contributed by atoms with Crippen molar-refractivity contribution in [3.8, 4) is 0 Å². The van der Waals surface area contributed by atoms with Gasteiger partial charge in [-0.15, -0.1) is 11.3 Å². The Labute approximate surface area is 167 Å². The molecule has 2 aliphatic heterocycles. The highest BCUT2D eigenvalue weighted by atomic mass is 35.5. The van der Waals surface area contributed by atoms with Crippen LogP contribution < -0.4 is 0 Å². The molecule has 1 unspecified atom stereocenters. The number of hydrogen-bond acceptors (Lipinski definition) is 3. The summed E-state index contributed by atoms with van der Waals surface area (Å²) in [6.45, 7) is 0. The molecular weight excluding hydrogens is 383 g/mol. The third-order valence-electron chi connectivity index (χ3n) is 6.24. The summed E-state index contributed by atoms with van der Waals surface area (Å²) in [5.74, 6) is 0.897. The summed E-state index contributed by atoms with van der Waals surface area (Å²) in [6.07, 6.45) is 3.72. The van der Waals surface area contributed by atoms with Gasteiger partial charge in [0.05, 0.1) is 14.7 Å².